The molecule has 2 heterocycles. The van der Waals surface area contributed by atoms with Crippen molar-refractivity contribution in [1.29, 1.82) is 0 Å². The molecule has 40 heavy (non-hydrogen) atoms. The summed E-state index contributed by atoms with van der Waals surface area (Å²) in [5.74, 6) is 0.126. The average molecular weight is 545 g/mol. The van der Waals surface area contributed by atoms with Gasteiger partial charge in [-0.2, -0.15) is 4.80 Å². The van der Waals surface area contributed by atoms with Gasteiger partial charge in [0.05, 0.1) is 0 Å². The standard InChI is InChI=1S/C30H33FN6O3/c1-19-12-17-25(40-19)27(29(39)32-30(2,3)4)37(24-11-7-9-20-8-5-6-10-23(20)24)26(38)18-36-34-28(33-35-36)21-13-15-22(31)16-14-21/h7,9,11-17,27H,5-6,8,10,18H2,1-4H3,(H,32,39)/t27-/m0/s1. The molecular weight excluding hydrogens is 511 g/mol. The monoisotopic (exact) mass is 544 g/mol. The van der Waals surface area contributed by atoms with Gasteiger partial charge >= 0.3 is 0 Å². The van der Waals surface area contributed by atoms with Gasteiger partial charge in [0.15, 0.2) is 6.04 Å². The first-order chi connectivity index (χ1) is 19.1. The molecule has 4 aromatic rings. The van der Waals surface area contributed by atoms with E-state index in [-0.39, 0.29) is 24.1 Å². The Morgan fingerprint density at radius 3 is 2.52 bits per heavy atom. The summed E-state index contributed by atoms with van der Waals surface area (Å²) in [6.07, 6.45) is 3.78. The predicted octanol–water partition coefficient (Wildman–Crippen LogP) is 4.95. The molecule has 0 radical (unpaired) electrons. The van der Waals surface area contributed by atoms with Crippen molar-refractivity contribution in [1.82, 2.24) is 25.5 Å². The summed E-state index contributed by atoms with van der Waals surface area (Å²) >= 11 is 0. The van der Waals surface area contributed by atoms with Gasteiger partial charge in [0.1, 0.15) is 23.9 Å². The van der Waals surface area contributed by atoms with Crippen LogP contribution in [0.25, 0.3) is 11.4 Å². The molecule has 1 aliphatic carbocycles. The Morgan fingerprint density at radius 2 is 1.82 bits per heavy atom. The minimum Gasteiger partial charge on any atom is -0.464 e. The van der Waals surface area contributed by atoms with E-state index in [4.69, 9.17) is 4.42 Å². The van der Waals surface area contributed by atoms with E-state index in [9.17, 15) is 14.0 Å². The first-order valence-corrected chi connectivity index (χ1v) is 13.4. The molecule has 5 rings (SSSR count). The van der Waals surface area contributed by atoms with Crippen molar-refractivity contribution in [2.75, 3.05) is 4.90 Å². The lowest BCUT2D eigenvalue weighted by molar-refractivity contribution is -0.128. The number of hydrogen-bond acceptors (Lipinski definition) is 6. The maximum Gasteiger partial charge on any atom is 0.251 e. The SMILES string of the molecule is Cc1ccc([C@@H](C(=O)NC(C)(C)C)N(C(=O)Cn2nnc(-c3ccc(F)cc3)n2)c2cccc3c2CCCC3)o1. The lowest BCUT2D eigenvalue weighted by atomic mass is 9.89. The second-order valence-electron chi connectivity index (χ2n) is 11.1. The third kappa shape index (κ3) is 5.95. The van der Waals surface area contributed by atoms with Crippen LogP contribution in [0.15, 0.2) is 59.0 Å². The number of halogens is 1. The lowest BCUT2D eigenvalue weighted by Crippen LogP contribution is -2.50. The van der Waals surface area contributed by atoms with E-state index in [0.29, 0.717) is 22.8 Å². The Kier molecular flexibility index (Phi) is 7.51. The van der Waals surface area contributed by atoms with Crippen molar-refractivity contribution in [2.45, 2.75) is 71.5 Å². The third-order valence-electron chi connectivity index (χ3n) is 6.77. The molecule has 1 aliphatic rings. The lowest BCUT2D eigenvalue weighted by Gasteiger charge is -2.34. The zero-order chi connectivity index (χ0) is 28.4. The van der Waals surface area contributed by atoms with Gasteiger partial charge < -0.3 is 9.73 Å². The second-order valence-corrected chi connectivity index (χ2v) is 11.1. The highest BCUT2D eigenvalue weighted by atomic mass is 19.1. The fraction of sp³-hybridized carbons (Fsp3) is 0.367. The highest BCUT2D eigenvalue weighted by Crippen LogP contribution is 2.36. The Hall–Kier alpha value is -4.34. The molecule has 0 bridgehead atoms. The van der Waals surface area contributed by atoms with Gasteiger partial charge in [-0.1, -0.05) is 12.1 Å². The number of tetrazole rings is 1. The van der Waals surface area contributed by atoms with Crippen LogP contribution in [0.2, 0.25) is 0 Å². The van der Waals surface area contributed by atoms with Crippen LogP contribution in [0.5, 0.6) is 0 Å². The van der Waals surface area contributed by atoms with Crippen molar-refractivity contribution in [2.24, 2.45) is 0 Å². The summed E-state index contributed by atoms with van der Waals surface area (Å²) in [4.78, 5) is 30.8. The van der Waals surface area contributed by atoms with Crippen LogP contribution in [0.1, 0.15) is 62.3 Å². The van der Waals surface area contributed by atoms with Crippen LogP contribution in [0.3, 0.4) is 0 Å². The fourth-order valence-electron chi connectivity index (χ4n) is 5.04. The van der Waals surface area contributed by atoms with Crippen LogP contribution >= 0.6 is 0 Å². The molecule has 0 fully saturated rings. The highest BCUT2D eigenvalue weighted by Gasteiger charge is 2.38. The predicted molar refractivity (Wildman–Crippen MR) is 148 cm³/mol. The zero-order valence-corrected chi connectivity index (χ0v) is 23.1. The minimum absolute atomic E-state index is 0.264. The number of hydrogen-bond donors (Lipinski definition) is 1. The number of anilines is 1. The van der Waals surface area contributed by atoms with Gasteiger partial charge in [0, 0.05) is 16.8 Å². The number of carbonyl (C=O) groups excluding carboxylic acids is 2. The highest BCUT2D eigenvalue weighted by molar-refractivity contribution is 6.01. The third-order valence-corrected chi connectivity index (χ3v) is 6.77. The molecular formula is C30H33FN6O3. The van der Waals surface area contributed by atoms with Crippen molar-refractivity contribution < 1.29 is 18.4 Å². The number of nitrogens with zero attached hydrogens (tertiary/aromatic N) is 5. The molecule has 1 atom stereocenters. The molecule has 0 aliphatic heterocycles. The Bertz CT molecular complexity index is 1520. The quantitative estimate of drug-likeness (QED) is 0.353. The molecule has 0 saturated heterocycles. The van der Waals surface area contributed by atoms with E-state index < -0.39 is 17.5 Å². The first kappa shape index (κ1) is 27.2. The molecule has 0 spiro atoms. The Balaban J connectivity index is 1.57. The largest absolute Gasteiger partial charge is 0.464 e. The Labute approximate surface area is 232 Å². The first-order valence-electron chi connectivity index (χ1n) is 13.4. The molecule has 2 aromatic heterocycles. The molecule has 0 unspecified atom stereocenters. The van der Waals surface area contributed by atoms with Gasteiger partial charge in [-0.05, 0) is 112 Å². The normalized spacial score (nSPS) is 13.9. The number of furan rings is 1. The number of carbonyl (C=O) groups is 2. The number of fused-ring (bicyclic) bond motifs is 1. The van der Waals surface area contributed by atoms with Crippen molar-refractivity contribution >= 4 is 17.5 Å². The number of benzene rings is 2. The van der Waals surface area contributed by atoms with E-state index in [1.54, 1.807) is 31.2 Å². The number of aromatic nitrogens is 4. The molecule has 0 saturated carbocycles. The van der Waals surface area contributed by atoms with Crippen LogP contribution in [-0.4, -0.2) is 37.6 Å². The smallest absolute Gasteiger partial charge is 0.251 e. The van der Waals surface area contributed by atoms with Crippen LogP contribution < -0.4 is 10.2 Å². The van der Waals surface area contributed by atoms with Crippen LogP contribution in [0, 0.1) is 12.7 Å². The van der Waals surface area contributed by atoms with E-state index in [1.807, 2.05) is 32.9 Å². The molecule has 2 amide bonds. The number of aryl methyl sites for hydroxylation is 2. The van der Waals surface area contributed by atoms with Gasteiger partial charge in [0.25, 0.3) is 11.8 Å². The minimum atomic E-state index is -1.06. The van der Waals surface area contributed by atoms with Crippen LogP contribution in [-0.2, 0) is 29.0 Å². The van der Waals surface area contributed by atoms with E-state index >= 15 is 0 Å². The van der Waals surface area contributed by atoms with Crippen molar-refractivity contribution in [3.63, 3.8) is 0 Å². The van der Waals surface area contributed by atoms with Crippen molar-refractivity contribution in [3.8, 4) is 11.4 Å². The number of rotatable bonds is 7. The summed E-state index contributed by atoms with van der Waals surface area (Å²) < 4.78 is 19.3. The fourth-order valence-corrected chi connectivity index (χ4v) is 5.04. The summed E-state index contributed by atoms with van der Waals surface area (Å²) in [7, 11) is 0. The zero-order valence-electron chi connectivity index (χ0n) is 23.1. The molecule has 9 nitrogen and oxygen atoms in total. The van der Waals surface area contributed by atoms with E-state index in [2.05, 4.69) is 26.8 Å². The Morgan fingerprint density at radius 1 is 1.07 bits per heavy atom. The van der Waals surface area contributed by atoms with Crippen molar-refractivity contribution in [3.05, 3.63) is 83.1 Å². The van der Waals surface area contributed by atoms with Gasteiger partial charge in [-0.3, -0.25) is 14.5 Å². The molecule has 1 N–H and O–H groups in total. The van der Waals surface area contributed by atoms with Gasteiger partial charge in [-0.25, -0.2) is 4.39 Å². The van der Waals surface area contributed by atoms with Crippen LogP contribution in [0.4, 0.5) is 10.1 Å². The number of nitrogens with one attached hydrogen (secondary N) is 1. The summed E-state index contributed by atoms with van der Waals surface area (Å²) in [6.45, 7) is 7.21. The molecule has 2 aromatic carbocycles. The topological polar surface area (TPSA) is 106 Å². The molecule has 10 heteroatoms. The maximum absolute atomic E-state index is 14.2. The summed E-state index contributed by atoms with van der Waals surface area (Å²) in [5.41, 5.74) is 2.92. The second kappa shape index (κ2) is 11.0. The summed E-state index contributed by atoms with van der Waals surface area (Å²) in [5, 5.41) is 15.5. The van der Waals surface area contributed by atoms with E-state index in [1.165, 1.54) is 27.4 Å². The number of amides is 2. The average Bonchev–Trinajstić information content (AvgIpc) is 3.55. The molecule has 208 valence electrons. The van der Waals surface area contributed by atoms with E-state index in [0.717, 1.165) is 31.2 Å². The van der Waals surface area contributed by atoms with Gasteiger partial charge in [0.2, 0.25) is 5.82 Å². The summed E-state index contributed by atoms with van der Waals surface area (Å²) in [6, 6.07) is 14.1. The maximum atomic E-state index is 14.2. The van der Waals surface area contributed by atoms with Gasteiger partial charge in [-0.15, -0.1) is 10.2 Å².